The number of nitrogens with zero attached hydrogens (tertiary/aromatic N) is 2. The number of nitrogens with one attached hydrogen (secondary N) is 1. The summed E-state index contributed by atoms with van der Waals surface area (Å²) in [7, 11) is -1.14. The lowest BCUT2D eigenvalue weighted by Crippen LogP contribution is -2.22. The number of aromatic amines is 1. The van der Waals surface area contributed by atoms with E-state index in [1.165, 1.54) is 0 Å². The molecule has 0 aliphatic heterocycles. The Bertz CT molecular complexity index is 670. The molecule has 0 saturated heterocycles. The highest BCUT2D eigenvalue weighted by molar-refractivity contribution is 9.10. The molecule has 0 atom stereocenters. The predicted molar refractivity (Wildman–Crippen MR) is 93.9 cm³/mol. The molecule has 124 valence electrons. The van der Waals surface area contributed by atoms with Gasteiger partial charge in [-0.1, -0.05) is 47.7 Å². The molecule has 1 heterocycles. The van der Waals surface area contributed by atoms with E-state index in [2.05, 4.69) is 50.8 Å². The topological polar surface area (TPSA) is 77.1 Å². The molecule has 8 heteroatoms. The fraction of sp³-hybridized carbons (Fsp3) is 0.400. The van der Waals surface area contributed by atoms with E-state index in [9.17, 15) is 4.79 Å². The van der Waals surface area contributed by atoms with Crippen molar-refractivity contribution in [2.45, 2.75) is 25.7 Å². The van der Waals surface area contributed by atoms with E-state index in [0.29, 0.717) is 12.4 Å². The second-order valence-corrected chi connectivity index (χ2v) is 12.8. The van der Waals surface area contributed by atoms with Gasteiger partial charge in [0.2, 0.25) is 5.82 Å². The maximum atomic E-state index is 11.9. The summed E-state index contributed by atoms with van der Waals surface area (Å²) >= 11 is 3.39. The summed E-state index contributed by atoms with van der Waals surface area (Å²) in [6.07, 6.45) is 0. The average Bonchev–Trinajstić information content (AvgIpc) is 2.95. The molecular weight excluding hydrogens is 378 g/mol. The Labute approximate surface area is 144 Å². The van der Waals surface area contributed by atoms with Crippen molar-refractivity contribution in [3.05, 3.63) is 34.6 Å². The fourth-order valence-corrected chi connectivity index (χ4v) is 2.87. The van der Waals surface area contributed by atoms with Crippen LogP contribution in [-0.4, -0.2) is 42.6 Å². The third kappa shape index (κ3) is 5.89. The summed E-state index contributed by atoms with van der Waals surface area (Å²) in [5.74, 6) is -0.0709. The van der Waals surface area contributed by atoms with Gasteiger partial charge in [-0.15, -0.1) is 0 Å². The van der Waals surface area contributed by atoms with Crippen molar-refractivity contribution in [1.82, 2.24) is 15.2 Å². The molecule has 6 nitrogen and oxygen atoms in total. The first-order valence-corrected chi connectivity index (χ1v) is 11.8. The number of hydrogen-bond donors (Lipinski definition) is 1. The molecule has 1 aromatic heterocycles. The van der Waals surface area contributed by atoms with Gasteiger partial charge in [-0.2, -0.15) is 5.10 Å². The largest absolute Gasteiger partial charge is 0.433 e. The molecule has 0 fully saturated rings. The van der Waals surface area contributed by atoms with E-state index in [4.69, 9.17) is 9.47 Å². The highest BCUT2D eigenvalue weighted by Gasteiger charge is 2.15. The standard InChI is InChI=1S/C15H20BrN3O3Si/c1-23(2,3)8-7-21-10-22-15(20)14-17-13(18-19-14)11-5-4-6-12(16)9-11/h4-6,9H,7-8,10H2,1-3H3,(H,17,18,19). The monoisotopic (exact) mass is 397 g/mol. The molecule has 0 aliphatic carbocycles. The minimum absolute atomic E-state index is 0.0637. The number of rotatable bonds is 7. The van der Waals surface area contributed by atoms with Crippen molar-refractivity contribution < 1.29 is 14.3 Å². The van der Waals surface area contributed by atoms with Crippen LogP contribution in [0.5, 0.6) is 0 Å². The van der Waals surface area contributed by atoms with Crippen LogP contribution < -0.4 is 0 Å². The van der Waals surface area contributed by atoms with E-state index in [-0.39, 0.29) is 12.6 Å². The Morgan fingerprint density at radius 3 is 2.83 bits per heavy atom. The molecule has 1 aromatic carbocycles. The van der Waals surface area contributed by atoms with Gasteiger partial charge in [0.25, 0.3) is 0 Å². The van der Waals surface area contributed by atoms with Gasteiger partial charge in [0.1, 0.15) is 0 Å². The molecule has 0 amide bonds. The Morgan fingerprint density at radius 2 is 2.13 bits per heavy atom. The van der Waals surface area contributed by atoms with Gasteiger partial charge < -0.3 is 9.47 Å². The maximum absolute atomic E-state index is 11.9. The van der Waals surface area contributed by atoms with Crippen molar-refractivity contribution >= 4 is 30.0 Å². The third-order valence-electron chi connectivity index (χ3n) is 3.03. The van der Waals surface area contributed by atoms with Crippen LogP contribution in [0.3, 0.4) is 0 Å². The smallest absolute Gasteiger partial charge is 0.378 e. The molecule has 23 heavy (non-hydrogen) atoms. The summed E-state index contributed by atoms with van der Waals surface area (Å²) in [6.45, 7) is 7.32. The number of ether oxygens (including phenoxy) is 2. The fourth-order valence-electron chi connectivity index (χ4n) is 1.71. The van der Waals surface area contributed by atoms with Gasteiger partial charge in [0.15, 0.2) is 12.6 Å². The van der Waals surface area contributed by atoms with Crippen LogP contribution in [0.1, 0.15) is 10.6 Å². The lowest BCUT2D eigenvalue weighted by Gasteiger charge is -2.15. The second kappa shape index (κ2) is 7.85. The lowest BCUT2D eigenvalue weighted by atomic mass is 10.2. The van der Waals surface area contributed by atoms with Gasteiger partial charge in [-0.05, 0) is 18.2 Å². The van der Waals surface area contributed by atoms with E-state index in [1.807, 2.05) is 24.3 Å². The van der Waals surface area contributed by atoms with Gasteiger partial charge in [0, 0.05) is 24.7 Å². The van der Waals surface area contributed by atoms with Crippen LogP contribution >= 0.6 is 15.9 Å². The Kier molecular flexibility index (Phi) is 6.08. The summed E-state index contributed by atoms with van der Waals surface area (Å²) in [6, 6.07) is 8.55. The molecule has 0 spiro atoms. The van der Waals surface area contributed by atoms with Gasteiger partial charge in [-0.25, -0.2) is 9.78 Å². The average molecular weight is 398 g/mol. The summed E-state index contributed by atoms with van der Waals surface area (Å²) in [5, 5.41) is 6.62. The SMILES string of the molecule is C[Si](C)(C)CCOCOC(=O)c1nc(-c2cccc(Br)c2)n[nH]1. The highest BCUT2D eigenvalue weighted by Crippen LogP contribution is 2.19. The van der Waals surface area contributed by atoms with E-state index < -0.39 is 14.0 Å². The van der Waals surface area contributed by atoms with Crippen molar-refractivity contribution in [2.75, 3.05) is 13.4 Å². The van der Waals surface area contributed by atoms with E-state index in [1.54, 1.807) is 0 Å². The first-order chi connectivity index (χ1) is 10.8. The number of benzene rings is 1. The number of carbonyl (C=O) groups is 1. The number of carbonyl (C=O) groups excluding carboxylic acids is 1. The molecule has 0 bridgehead atoms. The van der Waals surface area contributed by atoms with Gasteiger partial charge in [-0.3, -0.25) is 5.10 Å². The van der Waals surface area contributed by atoms with Crippen molar-refractivity contribution in [2.24, 2.45) is 0 Å². The van der Waals surface area contributed by atoms with Gasteiger partial charge >= 0.3 is 5.97 Å². The predicted octanol–water partition coefficient (Wildman–Crippen LogP) is 3.70. The maximum Gasteiger partial charge on any atom is 0.378 e. The molecule has 2 aromatic rings. The summed E-state index contributed by atoms with van der Waals surface area (Å²) < 4.78 is 11.3. The van der Waals surface area contributed by atoms with Crippen LogP contribution in [0.25, 0.3) is 11.4 Å². The first-order valence-electron chi connectivity index (χ1n) is 7.28. The quantitative estimate of drug-likeness (QED) is 0.333. The number of esters is 1. The Balaban J connectivity index is 1.84. The van der Waals surface area contributed by atoms with Crippen LogP contribution in [0.4, 0.5) is 0 Å². The molecule has 0 unspecified atom stereocenters. The number of hydrogen-bond acceptors (Lipinski definition) is 5. The van der Waals surface area contributed by atoms with Gasteiger partial charge in [0.05, 0.1) is 0 Å². The van der Waals surface area contributed by atoms with Crippen molar-refractivity contribution in [3.63, 3.8) is 0 Å². The zero-order valence-corrected chi connectivity index (χ0v) is 16.0. The Morgan fingerprint density at radius 1 is 1.35 bits per heavy atom. The first kappa shape index (κ1) is 17.8. The normalized spacial score (nSPS) is 11.5. The minimum Gasteiger partial charge on any atom is -0.433 e. The number of H-pyrrole nitrogens is 1. The van der Waals surface area contributed by atoms with E-state index in [0.717, 1.165) is 16.1 Å². The summed E-state index contributed by atoms with van der Waals surface area (Å²) in [4.78, 5) is 16.0. The molecule has 0 radical (unpaired) electrons. The Hall–Kier alpha value is -1.51. The number of aromatic nitrogens is 3. The molecule has 0 aliphatic rings. The molecule has 1 N–H and O–H groups in total. The second-order valence-electron chi connectivity index (χ2n) is 6.29. The number of halogens is 1. The van der Waals surface area contributed by atoms with E-state index >= 15 is 0 Å². The van der Waals surface area contributed by atoms with Crippen LogP contribution in [-0.2, 0) is 9.47 Å². The highest BCUT2D eigenvalue weighted by atomic mass is 79.9. The van der Waals surface area contributed by atoms with Crippen LogP contribution in [0.2, 0.25) is 25.7 Å². The van der Waals surface area contributed by atoms with Crippen molar-refractivity contribution in [1.29, 1.82) is 0 Å². The molecule has 0 saturated carbocycles. The van der Waals surface area contributed by atoms with Crippen LogP contribution in [0.15, 0.2) is 28.7 Å². The summed E-state index contributed by atoms with van der Waals surface area (Å²) in [5.41, 5.74) is 0.807. The third-order valence-corrected chi connectivity index (χ3v) is 5.23. The van der Waals surface area contributed by atoms with Crippen molar-refractivity contribution in [3.8, 4) is 11.4 Å². The van der Waals surface area contributed by atoms with Crippen LogP contribution in [0, 0.1) is 0 Å². The zero-order chi connectivity index (χ0) is 16.9. The lowest BCUT2D eigenvalue weighted by molar-refractivity contribution is -0.0284. The molecule has 2 rings (SSSR count). The minimum atomic E-state index is -1.14. The molecular formula is C15H20BrN3O3Si. The zero-order valence-electron chi connectivity index (χ0n) is 13.4.